The van der Waals surface area contributed by atoms with Crippen molar-refractivity contribution in [3.05, 3.63) is 65.7 Å². The molecule has 0 heterocycles. The van der Waals surface area contributed by atoms with Gasteiger partial charge in [-0.2, -0.15) is 0 Å². The van der Waals surface area contributed by atoms with Crippen LogP contribution in [0, 0.1) is 0 Å². The Kier molecular flexibility index (Phi) is 7.99. The van der Waals surface area contributed by atoms with Crippen LogP contribution in [0.5, 0.6) is 5.75 Å². The number of aryl methyl sites for hydroxylation is 1. The van der Waals surface area contributed by atoms with E-state index in [0.717, 1.165) is 24.2 Å². The lowest BCUT2D eigenvalue weighted by Gasteiger charge is -2.13. The van der Waals surface area contributed by atoms with E-state index in [1.54, 1.807) is 7.11 Å². The van der Waals surface area contributed by atoms with Crippen molar-refractivity contribution in [2.75, 3.05) is 20.3 Å². The maximum Gasteiger partial charge on any atom is 0.220 e. The predicted molar refractivity (Wildman–Crippen MR) is 99.8 cm³/mol. The van der Waals surface area contributed by atoms with Gasteiger partial charge in [0.25, 0.3) is 0 Å². The Bertz CT molecular complexity index is 625. The van der Waals surface area contributed by atoms with E-state index in [1.165, 1.54) is 5.56 Å². The number of carbonyl (C=O) groups excluding carboxylic acids is 1. The van der Waals surface area contributed by atoms with Crippen molar-refractivity contribution < 1.29 is 14.3 Å². The number of hydrogen-bond acceptors (Lipinski definition) is 3. The summed E-state index contributed by atoms with van der Waals surface area (Å²) in [6.45, 7) is 3.32. The van der Waals surface area contributed by atoms with E-state index >= 15 is 0 Å². The second kappa shape index (κ2) is 10.5. The summed E-state index contributed by atoms with van der Waals surface area (Å²) >= 11 is 0. The van der Waals surface area contributed by atoms with Gasteiger partial charge in [0, 0.05) is 19.6 Å². The first-order valence-electron chi connectivity index (χ1n) is 8.75. The lowest BCUT2D eigenvalue weighted by atomic mass is 10.1. The van der Waals surface area contributed by atoms with E-state index in [1.807, 2.05) is 49.4 Å². The summed E-state index contributed by atoms with van der Waals surface area (Å²) in [6, 6.07) is 18.0. The zero-order valence-corrected chi connectivity index (χ0v) is 15.0. The zero-order valence-electron chi connectivity index (χ0n) is 15.0. The van der Waals surface area contributed by atoms with Crippen LogP contribution in [0.3, 0.4) is 0 Å². The second-order valence-electron chi connectivity index (χ2n) is 5.98. The van der Waals surface area contributed by atoms with Crippen molar-refractivity contribution in [2.45, 2.75) is 32.3 Å². The van der Waals surface area contributed by atoms with Crippen molar-refractivity contribution in [3.8, 4) is 5.75 Å². The lowest BCUT2D eigenvalue weighted by Crippen LogP contribution is -2.25. The van der Waals surface area contributed by atoms with Crippen LogP contribution in [0.1, 0.15) is 37.0 Å². The monoisotopic (exact) mass is 341 g/mol. The minimum absolute atomic E-state index is 0.0759. The molecule has 2 aromatic rings. The van der Waals surface area contributed by atoms with Gasteiger partial charge < -0.3 is 14.8 Å². The Morgan fingerprint density at radius 3 is 2.48 bits per heavy atom. The van der Waals surface area contributed by atoms with Crippen LogP contribution in [0.4, 0.5) is 0 Å². The van der Waals surface area contributed by atoms with E-state index in [0.29, 0.717) is 19.6 Å². The van der Waals surface area contributed by atoms with Gasteiger partial charge in [-0.3, -0.25) is 4.79 Å². The Balaban J connectivity index is 1.56. The fourth-order valence-corrected chi connectivity index (χ4v) is 2.52. The summed E-state index contributed by atoms with van der Waals surface area (Å²) in [4.78, 5) is 11.9. The maximum atomic E-state index is 11.9. The summed E-state index contributed by atoms with van der Waals surface area (Å²) < 4.78 is 10.9. The van der Waals surface area contributed by atoms with Crippen molar-refractivity contribution in [1.82, 2.24) is 5.32 Å². The fourth-order valence-electron chi connectivity index (χ4n) is 2.52. The number of ether oxygens (including phenoxy) is 2. The zero-order chi connectivity index (χ0) is 17.9. The maximum absolute atomic E-state index is 11.9. The van der Waals surface area contributed by atoms with Gasteiger partial charge in [0.2, 0.25) is 5.91 Å². The number of carbonyl (C=O) groups is 1. The minimum Gasteiger partial charge on any atom is -0.497 e. The minimum atomic E-state index is 0.0759. The highest BCUT2D eigenvalue weighted by atomic mass is 16.5. The molecule has 0 spiro atoms. The van der Waals surface area contributed by atoms with E-state index in [4.69, 9.17) is 9.47 Å². The third-order valence-corrected chi connectivity index (χ3v) is 4.08. The first-order valence-corrected chi connectivity index (χ1v) is 8.75. The Morgan fingerprint density at radius 2 is 1.80 bits per heavy atom. The Morgan fingerprint density at radius 1 is 1.08 bits per heavy atom. The lowest BCUT2D eigenvalue weighted by molar-refractivity contribution is -0.121. The van der Waals surface area contributed by atoms with Gasteiger partial charge in [0.1, 0.15) is 5.75 Å². The van der Waals surface area contributed by atoms with Crippen molar-refractivity contribution >= 4 is 5.91 Å². The molecule has 1 unspecified atom stereocenters. The van der Waals surface area contributed by atoms with Gasteiger partial charge in [0.15, 0.2) is 0 Å². The molecule has 134 valence electrons. The van der Waals surface area contributed by atoms with E-state index < -0.39 is 0 Å². The van der Waals surface area contributed by atoms with Crippen molar-refractivity contribution in [3.63, 3.8) is 0 Å². The molecular weight excluding hydrogens is 314 g/mol. The average Bonchev–Trinajstić information content (AvgIpc) is 2.67. The number of amides is 1. The molecule has 0 radical (unpaired) electrons. The molecule has 0 bridgehead atoms. The molecule has 0 saturated carbocycles. The number of nitrogens with one attached hydrogen (secondary N) is 1. The van der Waals surface area contributed by atoms with Gasteiger partial charge in [-0.05, 0) is 43.0 Å². The van der Waals surface area contributed by atoms with E-state index in [-0.39, 0.29) is 12.0 Å². The predicted octanol–water partition coefficient (Wildman–Crippen LogP) is 3.91. The molecule has 0 fully saturated rings. The Hall–Kier alpha value is -2.33. The van der Waals surface area contributed by atoms with Crippen LogP contribution in [0.2, 0.25) is 0 Å². The van der Waals surface area contributed by atoms with Crippen LogP contribution in [0.15, 0.2) is 54.6 Å². The molecule has 1 atom stereocenters. The highest BCUT2D eigenvalue weighted by Crippen LogP contribution is 2.15. The number of methoxy groups -OCH3 is 1. The molecule has 0 aromatic heterocycles. The average molecular weight is 341 g/mol. The number of rotatable bonds is 10. The van der Waals surface area contributed by atoms with E-state index in [9.17, 15) is 4.79 Å². The quantitative estimate of drug-likeness (QED) is 0.667. The third kappa shape index (κ3) is 6.98. The summed E-state index contributed by atoms with van der Waals surface area (Å²) in [5, 5.41) is 2.95. The van der Waals surface area contributed by atoms with Gasteiger partial charge in [-0.1, -0.05) is 42.5 Å². The normalized spacial score (nSPS) is 11.8. The van der Waals surface area contributed by atoms with Crippen molar-refractivity contribution in [1.29, 1.82) is 0 Å². The van der Waals surface area contributed by atoms with Gasteiger partial charge in [-0.15, -0.1) is 0 Å². The molecule has 4 nitrogen and oxygen atoms in total. The van der Waals surface area contributed by atoms with Crippen LogP contribution in [-0.2, 0) is 16.0 Å². The molecule has 1 amide bonds. The molecule has 2 aromatic carbocycles. The SMILES string of the molecule is COc1ccc(CCC(=O)NCCCOC(C)c2ccccc2)cc1. The number of benzene rings is 2. The summed E-state index contributed by atoms with van der Waals surface area (Å²) in [6.07, 6.45) is 2.11. The molecule has 25 heavy (non-hydrogen) atoms. The second-order valence-corrected chi connectivity index (χ2v) is 5.98. The molecule has 0 saturated heterocycles. The topological polar surface area (TPSA) is 47.6 Å². The smallest absolute Gasteiger partial charge is 0.220 e. The fraction of sp³-hybridized carbons (Fsp3) is 0.381. The standard InChI is InChI=1S/C21H27NO3/c1-17(19-7-4-3-5-8-19)25-16-6-15-22-21(23)14-11-18-9-12-20(24-2)13-10-18/h3-5,7-10,12-13,17H,6,11,14-16H2,1-2H3,(H,22,23). The molecule has 0 aliphatic rings. The summed E-state index contributed by atoms with van der Waals surface area (Å²) in [7, 11) is 1.65. The van der Waals surface area contributed by atoms with Gasteiger partial charge >= 0.3 is 0 Å². The van der Waals surface area contributed by atoms with Crippen LogP contribution >= 0.6 is 0 Å². The summed E-state index contributed by atoms with van der Waals surface area (Å²) in [5.41, 5.74) is 2.31. The highest BCUT2D eigenvalue weighted by molar-refractivity contribution is 5.76. The Labute approximate surface area is 150 Å². The van der Waals surface area contributed by atoms with Crippen molar-refractivity contribution in [2.24, 2.45) is 0 Å². The largest absolute Gasteiger partial charge is 0.497 e. The molecular formula is C21H27NO3. The molecule has 0 aliphatic heterocycles. The van der Waals surface area contributed by atoms with Gasteiger partial charge in [-0.25, -0.2) is 0 Å². The first-order chi connectivity index (χ1) is 12.2. The number of hydrogen-bond donors (Lipinski definition) is 1. The van der Waals surface area contributed by atoms with E-state index in [2.05, 4.69) is 17.4 Å². The third-order valence-electron chi connectivity index (χ3n) is 4.08. The summed E-state index contributed by atoms with van der Waals surface area (Å²) in [5.74, 6) is 0.907. The van der Waals surface area contributed by atoms with Crippen LogP contribution in [0.25, 0.3) is 0 Å². The molecule has 0 aliphatic carbocycles. The molecule has 4 heteroatoms. The van der Waals surface area contributed by atoms with Crippen LogP contribution in [-0.4, -0.2) is 26.2 Å². The van der Waals surface area contributed by atoms with Crippen LogP contribution < -0.4 is 10.1 Å². The van der Waals surface area contributed by atoms with Gasteiger partial charge in [0.05, 0.1) is 13.2 Å². The first kappa shape index (κ1) is 19.0. The molecule has 2 rings (SSSR count). The highest BCUT2D eigenvalue weighted by Gasteiger charge is 2.05. The molecule has 1 N–H and O–H groups in total.